The first-order valence-electron chi connectivity index (χ1n) is 19.0. The van der Waals surface area contributed by atoms with Crippen LogP contribution in [-0.4, -0.2) is 94.6 Å². The number of carbonyl (C=O) groups excluding carboxylic acids is 5. The van der Waals surface area contributed by atoms with Crippen LogP contribution in [0.25, 0.3) is 0 Å². The van der Waals surface area contributed by atoms with E-state index in [1.165, 1.54) is 11.9 Å². The maximum absolute atomic E-state index is 14.6. The second-order valence-electron chi connectivity index (χ2n) is 15.6. The van der Waals surface area contributed by atoms with Gasteiger partial charge in [0.25, 0.3) is 5.91 Å². The number of nitrogens with zero attached hydrogens (tertiary/aromatic N) is 3. The normalized spacial score (nSPS) is 20.6. The average Bonchev–Trinajstić information content (AvgIpc) is 3.63. The number of allylic oxidation sites excluding steroid dienone is 5. The van der Waals surface area contributed by atoms with Crippen LogP contribution >= 0.6 is 11.9 Å². The highest BCUT2D eigenvalue weighted by Crippen LogP contribution is 2.37. The molecule has 2 heterocycles. The third kappa shape index (κ3) is 12.0. The van der Waals surface area contributed by atoms with Crippen molar-refractivity contribution < 1.29 is 24.0 Å². The first-order valence-corrected chi connectivity index (χ1v) is 19.8. The molecule has 1 saturated heterocycles. The molecule has 4 rings (SSSR count). The smallest absolute Gasteiger partial charge is 0.315 e. The van der Waals surface area contributed by atoms with Gasteiger partial charge in [-0.15, -0.1) is 0 Å². The van der Waals surface area contributed by atoms with Gasteiger partial charge in [-0.3, -0.25) is 19.2 Å². The van der Waals surface area contributed by atoms with Crippen LogP contribution in [0.4, 0.5) is 4.79 Å². The summed E-state index contributed by atoms with van der Waals surface area (Å²) in [5.74, 6) is -2.14. The zero-order valence-electron chi connectivity index (χ0n) is 32.3. The number of nitrogens with one attached hydrogen (secondary N) is 4. The lowest BCUT2D eigenvalue weighted by molar-refractivity contribution is -0.143. The first kappa shape index (κ1) is 41.8. The molecule has 0 spiro atoms. The zero-order chi connectivity index (χ0) is 38.7. The maximum atomic E-state index is 14.6. The van der Waals surface area contributed by atoms with Gasteiger partial charge in [-0.25, -0.2) is 14.1 Å². The molecular formula is C40H59N7O5S. The van der Waals surface area contributed by atoms with Crippen molar-refractivity contribution in [1.29, 1.82) is 0 Å². The van der Waals surface area contributed by atoms with Gasteiger partial charge in [-0.1, -0.05) is 71.4 Å². The predicted molar refractivity (Wildman–Crippen MR) is 208 cm³/mol. The van der Waals surface area contributed by atoms with Crippen molar-refractivity contribution in [2.45, 2.75) is 115 Å². The van der Waals surface area contributed by atoms with E-state index in [1.54, 1.807) is 17.2 Å². The van der Waals surface area contributed by atoms with Gasteiger partial charge in [0.1, 0.15) is 17.1 Å². The van der Waals surface area contributed by atoms with Crippen LogP contribution in [-0.2, 0) is 19.2 Å². The van der Waals surface area contributed by atoms with Crippen LogP contribution in [0.1, 0.15) is 86.0 Å². The Morgan fingerprint density at radius 2 is 1.81 bits per heavy atom. The number of hydrogen-bond acceptors (Lipinski definition) is 8. The summed E-state index contributed by atoms with van der Waals surface area (Å²) in [4.78, 5) is 74.2. The van der Waals surface area contributed by atoms with Gasteiger partial charge >= 0.3 is 6.03 Å². The van der Waals surface area contributed by atoms with E-state index in [-0.39, 0.29) is 29.2 Å². The van der Waals surface area contributed by atoms with E-state index < -0.39 is 41.8 Å². The number of amides is 5. The summed E-state index contributed by atoms with van der Waals surface area (Å²) in [6.07, 6.45) is 12.6. The van der Waals surface area contributed by atoms with Crippen LogP contribution in [0.2, 0.25) is 0 Å². The topological polar surface area (TPSA) is 153 Å². The van der Waals surface area contributed by atoms with Crippen molar-refractivity contribution in [3.63, 3.8) is 0 Å². The third-order valence-electron chi connectivity index (χ3n) is 10.2. The van der Waals surface area contributed by atoms with Crippen molar-refractivity contribution in [2.24, 2.45) is 17.3 Å². The van der Waals surface area contributed by atoms with E-state index in [9.17, 15) is 24.0 Å². The molecule has 13 heteroatoms. The SMILES string of the molecule is C=CC1=C(/C=C\C)CC(C(NC(=O)NC(CN(C)Sc2ccccn2)C(C)(C)C)C(=O)N2CCCC2C(=O)NC(CC2CC2)C(=O)C(=O)NCCC)C1. The second kappa shape index (κ2) is 19.4. The highest BCUT2D eigenvalue weighted by molar-refractivity contribution is 7.96. The fourth-order valence-corrected chi connectivity index (χ4v) is 7.78. The van der Waals surface area contributed by atoms with E-state index >= 15 is 0 Å². The number of pyridine rings is 1. The third-order valence-corrected chi connectivity index (χ3v) is 11.1. The van der Waals surface area contributed by atoms with Crippen LogP contribution < -0.4 is 21.3 Å². The van der Waals surface area contributed by atoms with Gasteiger partial charge in [0.15, 0.2) is 0 Å². The van der Waals surface area contributed by atoms with Gasteiger partial charge < -0.3 is 26.2 Å². The molecule has 0 aromatic carbocycles. The minimum atomic E-state index is -0.954. The number of ketones is 1. The zero-order valence-corrected chi connectivity index (χ0v) is 33.1. The molecule has 53 heavy (non-hydrogen) atoms. The van der Waals surface area contributed by atoms with Crippen molar-refractivity contribution in [3.8, 4) is 0 Å². The molecule has 4 N–H and O–H groups in total. The molecule has 0 radical (unpaired) electrons. The Bertz CT molecular complexity index is 1540. The fraction of sp³-hybridized carbons (Fsp3) is 0.600. The molecule has 5 atom stereocenters. The molecule has 1 aromatic heterocycles. The molecule has 2 fully saturated rings. The molecule has 0 bridgehead atoms. The van der Waals surface area contributed by atoms with Crippen molar-refractivity contribution in [2.75, 3.05) is 26.7 Å². The fourth-order valence-electron chi connectivity index (χ4n) is 6.99. The Morgan fingerprint density at radius 1 is 1.08 bits per heavy atom. The van der Waals surface area contributed by atoms with Gasteiger partial charge in [-0.05, 0) is 105 Å². The lowest BCUT2D eigenvalue weighted by Gasteiger charge is -2.36. The Morgan fingerprint density at radius 3 is 2.43 bits per heavy atom. The van der Waals surface area contributed by atoms with Crippen LogP contribution in [0, 0.1) is 17.3 Å². The molecule has 12 nitrogen and oxygen atoms in total. The highest BCUT2D eigenvalue weighted by atomic mass is 32.2. The maximum Gasteiger partial charge on any atom is 0.315 e. The Labute approximate surface area is 319 Å². The minimum Gasteiger partial charge on any atom is -0.349 e. The van der Waals surface area contributed by atoms with E-state index in [2.05, 4.69) is 53.6 Å². The van der Waals surface area contributed by atoms with Crippen LogP contribution in [0.5, 0.6) is 0 Å². The van der Waals surface area contributed by atoms with Gasteiger partial charge in [0.2, 0.25) is 17.6 Å². The lowest BCUT2D eigenvalue weighted by atomic mass is 9.86. The van der Waals surface area contributed by atoms with Gasteiger partial charge in [0, 0.05) is 31.9 Å². The molecule has 1 aliphatic heterocycles. The van der Waals surface area contributed by atoms with Crippen molar-refractivity contribution in [3.05, 3.63) is 60.3 Å². The van der Waals surface area contributed by atoms with Crippen LogP contribution in [0.3, 0.4) is 0 Å². The number of rotatable bonds is 18. The summed E-state index contributed by atoms with van der Waals surface area (Å²) in [5, 5.41) is 12.5. The summed E-state index contributed by atoms with van der Waals surface area (Å²) in [6.45, 7) is 15.2. The molecule has 5 unspecified atom stereocenters. The quantitative estimate of drug-likeness (QED) is 0.122. The van der Waals surface area contributed by atoms with Crippen molar-refractivity contribution >= 4 is 41.5 Å². The summed E-state index contributed by atoms with van der Waals surface area (Å²) in [6, 6.07) is 2.27. The number of likely N-dealkylation sites (N-methyl/N-ethyl adjacent to an activating group) is 1. The summed E-state index contributed by atoms with van der Waals surface area (Å²) < 4.78 is 2.03. The second-order valence-corrected chi connectivity index (χ2v) is 16.8. The largest absolute Gasteiger partial charge is 0.349 e. The molecular weight excluding hydrogens is 691 g/mol. The summed E-state index contributed by atoms with van der Waals surface area (Å²) in [7, 11) is 1.95. The number of likely N-dealkylation sites (tertiary alicyclic amines) is 1. The Hall–Kier alpha value is -3.97. The predicted octanol–water partition coefficient (Wildman–Crippen LogP) is 4.94. The minimum absolute atomic E-state index is 0.265. The van der Waals surface area contributed by atoms with E-state index in [0.29, 0.717) is 58.2 Å². The van der Waals surface area contributed by atoms with E-state index in [1.807, 2.05) is 55.6 Å². The van der Waals surface area contributed by atoms with Crippen molar-refractivity contribution in [1.82, 2.24) is 35.5 Å². The number of aromatic nitrogens is 1. The highest BCUT2D eigenvalue weighted by Gasteiger charge is 2.44. The Balaban J connectivity index is 1.52. The molecule has 5 amide bonds. The first-order chi connectivity index (χ1) is 25.2. The number of carbonyl (C=O) groups is 5. The van der Waals surface area contributed by atoms with Gasteiger partial charge in [0.05, 0.1) is 6.04 Å². The summed E-state index contributed by atoms with van der Waals surface area (Å²) in [5.41, 5.74) is 1.76. The Kier molecular flexibility index (Phi) is 15.3. The monoisotopic (exact) mass is 749 g/mol. The number of hydrogen-bond donors (Lipinski definition) is 4. The number of Topliss-reactive ketones (excluding diaryl/α,β-unsaturated/α-hetero) is 1. The molecule has 1 saturated carbocycles. The van der Waals surface area contributed by atoms with Gasteiger partial charge in [-0.2, -0.15) is 0 Å². The van der Waals surface area contributed by atoms with Crippen LogP contribution in [0.15, 0.2) is 65.4 Å². The molecule has 1 aromatic rings. The number of urea groups is 1. The molecule has 3 aliphatic rings. The average molecular weight is 750 g/mol. The van der Waals surface area contributed by atoms with E-state index in [0.717, 1.165) is 29.0 Å². The molecule has 290 valence electrons. The molecule has 2 aliphatic carbocycles. The lowest BCUT2D eigenvalue weighted by Crippen LogP contribution is -2.60. The summed E-state index contributed by atoms with van der Waals surface area (Å²) >= 11 is 1.49. The standard InChI is InChI=1S/C40H59N7O5S/c1-8-14-28-24-29(23-27(28)10-3)34(45-39(52)44-32(40(4,5)6)25-46(7)53-33-16-11-12-20-41-33)38(51)47-21-13-15-31(47)36(49)43-30(22-26-17-18-26)35(48)37(50)42-19-9-2/h8,10-12,14,16,20,26,29-32,34H,3,9,13,15,17-19,21-25H2,1-2,4-7H3,(H,42,50)(H,43,49)(H2,44,45,52)/b14-8-. The van der Waals surface area contributed by atoms with E-state index in [4.69, 9.17) is 0 Å².